The summed E-state index contributed by atoms with van der Waals surface area (Å²) in [7, 11) is 0. The van der Waals surface area contributed by atoms with Gasteiger partial charge in [-0.05, 0) is 11.1 Å². The lowest BCUT2D eigenvalue weighted by Gasteiger charge is -2.15. The van der Waals surface area contributed by atoms with Gasteiger partial charge < -0.3 is 0 Å². The molecule has 1 aromatic carbocycles. The van der Waals surface area contributed by atoms with Gasteiger partial charge in [-0.3, -0.25) is 4.79 Å². The van der Waals surface area contributed by atoms with Crippen LogP contribution in [-0.4, -0.2) is 11.1 Å². The third-order valence-corrected chi connectivity index (χ3v) is 3.11. The van der Waals surface area contributed by atoms with E-state index in [1.165, 1.54) is 18.2 Å². The molecule has 6 heteroatoms. The zero-order chi connectivity index (χ0) is 13.1. The van der Waals surface area contributed by atoms with E-state index in [0.29, 0.717) is 0 Å². The highest BCUT2D eigenvalue weighted by Gasteiger charge is 2.35. The van der Waals surface area contributed by atoms with Gasteiger partial charge in [0.05, 0.1) is 10.9 Å². The lowest BCUT2D eigenvalue weighted by atomic mass is 9.98. The number of hydrogen-bond donors (Lipinski definition) is 0. The molecular weight excluding hydrogens is 320 g/mol. The molecule has 0 saturated heterocycles. The summed E-state index contributed by atoms with van der Waals surface area (Å²) in [4.78, 5) is 11.2. The topological polar surface area (TPSA) is 17.1 Å². The summed E-state index contributed by atoms with van der Waals surface area (Å²) in [5, 5.41) is 0.0371. The van der Waals surface area contributed by atoms with Crippen molar-refractivity contribution in [1.82, 2.24) is 0 Å². The summed E-state index contributed by atoms with van der Waals surface area (Å²) >= 11 is 8.41. The van der Waals surface area contributed by atoms with Crippen LogP contribution >= 0.6 is 27.5 Å². The van der Waals surface area contributed by atoms with E-state index in [1.807, 2.05) is 0 Å². The molecule has 0 aliphatic rings. The minimum Gasteiger partial charge on any atom is -0.298 e. The van der Waals surface area contributed by atoms with Crippen LogP contribution in [0, 0.1) is 0 Å². The van der Waals surface area contributed by atoms with Crippen LogP contribution in [-0.2, 0) is 23.3 Å². The molecule has 1 nitrogen and oxygen atoms in total. The molecule has 0 amide bonds. The van der Waals surface area contributed by atoms with Crippen LogP contribution in [0.1, 0.15) is 16.7 Å². The SMILES string of the molecule is O=C(CBr)Cc1cccc(CCl)c1C(F)(F)F. The van der Waals surface area contributed by atoms with Crippen molar-refractivity contribution in [1.29, 1.82) is 0 Å². The summed E-state index contributed by atoms with van der Waals surface area (Å²) in [5.74, 6) is -0.534. The summed E-state index contributed by atoms with van der Waals surface area (Å²) < 4.78 is 38.6. The molecule has 94 valence electrons. The number of alkyl halides is 5. The number of halogens is 5. The maximum Gasteiger partial charge on any atom is 0.416 e. The van der Waals surface area contributed by atoms with Crippen molar-refractivity contribution in [2.24, 2.45) is 0 Å². The van der Waals surface area contributed by atoms with Crippen molar-refractivity contribution in [2.75, 3.05) is 5.33 Å². The highest BCUT2D eigenvalue weighted by Crippen LogP contribution is 2.35. The van der Waals surface area contributed by atoms with Crippen molar-refractivity contribution in [3.05, 3.63) is 34.9 Å². The van der Waals surface area contributed by atoms with Crippen LogP contribution in [0.5, 0.6) is 0 Å². The molecule has 0 unspecified atom stereocenters. The minimum atomic E-state index is -4.49. The van der Waals surface area contributed by atoms with Gasteiger partial charge in [-0.15, -0.1) is 11.6 Å². The van der Waals surface area contributed by atoms with E-state index in [-0.39, 0.29) is 34.5 Å². The molecule has 0 aromatic heterocycles. The zero-order valence-electron chi connectivity index (χ0n) is 8.65. The number of benzene rings is 1. The normalized spacial score (nSPS) is 11.6. The molecule has 17 heavy (non-hydrogen) atoms. The quantitative estimate of drug-likeness (QED) is 0.765. The summed E-state index contributed by atoms with van der Waals surface area (Å²) in [6.07, 6.45) is -4.74. The van der Waals surface area contributed by atoms with E-state index in [2.05, 4.69) is 15.9 Å². The third-order valence-electron chi connectivity index (χ3n) is 2.20. The van der Waals surface area contributed by atoms with Crippen LogP contribution in [0.2, 0.25) is 0 Å². The van der Waals surface area contributed by atoms with Crippen molar-refractivity contribution < 1.29 is 18.0 Å². The largest absolute Gasteiger partial charge is 0.416 e. The van der Waals surface area contributed by atoms with Gasteiger partial charge in [0.1, 0.15) is 5.78 Å². The Balaban J connectivity index is 3.25. The van der Waals surface area contributed by atoms with Gasteiger partial charge in [-0.2, -0.15) is 13.2 Å². The Labute approximate surface area is 110 Å². The Kier molecular flexibility index (Phi) is 5.01. The predicted octanol–water partition coefficient (Wildman–Crippen LogP) is 3.95. The smallest absolute Gasteiger partial charge is 0.298 e. The fraction of sp³-hybridized carbons (Fsp3) is 0.364. The second-order valence-corrected chi connectivity index (χ2v) is 4.26. The molecule has 0 spiro atoms. The van der Waals surface area contributed by atoms with Gasteiger partial charge in [0.2, 0.25) is 0 Å². The van der Waals surface area contributed by atoms with Gasteiger partial charge >= 0.3 is 6.18 Å². The molecule has 0 fully saturated rings. The molecule has 0 saturated carbocycles. The molecule has 0 N–H and O–H groups in total. The monoisotopic (exact) mass is 328 g/mol. The standard InChI is InChI=1S/C11H9BrClF3O/c12-5-9(17)4-7-2-1-3-8(6-13)10(7)11(14,15)16/h1-3H,4-6H2. The predicted molar refractivity (Wildman–Crippen MR) is 63.5 cm³/mol. The molecule has 1 rings (SSSR count). The average molecular weight is 330 g/mol. The molecular formula is C11H9BrClF3O. The molecule has 1 aromatic rings. The summed E-state index contributed by atoms with van der Waals surface area (Å²) in [5.41, 5.74) is -0.816. The minimum absolute atomic E-state index is 0.000890. The number of Topliss-reactive ketones (excluding diaryl/α,β-unsaturated/α-hetero) is 1. The Morgan fingerprint density at radius 3 is 2.35 bits per heavy atom. The molecule has 0 atom stereocenters. The molecule has 0 heterocycles. The highest BCUT2D eigenvalue weighted by atomic mass is 79.9. The third kappa shape index (κ3) is 3.71. The fourth-order valence-electron chi connectivity index (χ4n) is 1.54. The molecule has 0 aliphatic carbocycles. The second-order valence-electron chi connectivity index (χ2n) is 3.43. The van der Waals surface area contributed by atoms with Crippen LogP contribution < -0.4 is 0 Å². The fourth-order valence-corrected chi connectivity index (χ4v) is 1.96. The maximum atomic E-state index is 12.9. The number of carbonyl (C=O) groups excluding carboxylic acids is 1. The van der Waals surface area contributed by atoms with Crippen LogP contribution in [0.4, 0.5) is 13.2 Å². The van der Waals surface area contributed by atoms with E-state index in [1.54, 1.807) is 0 Å². The number of rotatable bonds is 4. The number of carbonyl (C=O) groups is 1. The molecule has 0 bridgehead atoms. The Morgan fingerprint density at radius 1 is 1.29 bits per heavy atom. The van der Waals surface area contributed by atoms with Crippen LogP contribution in [0.3, 0.4) is 0 Å². The van der Waals surface area contributed by atoms with Crippen molar-refractivity contribution in [3.8, 4) is 0 Å². The van der Waals surface area contributed by atoms with Gasteiger partial charge in [0.15, 0.2) is 0 Å². The lowest BCUT2D eigenvalue weighted by Crippen LogP contribution is -2.15. The Morgan fingerprint density at radius 2 is 1.88 bits per heavy atom. The van der Waals surface area contributed by atoms with Gasteiger partial charge in [0, 0.05) is 12.3 Å². The van der Waals surface area contributed by atoms with Gasteiger partial charge in [-0.1, -0.05) is 34.1 Å². The van der Waals surface area contributed by atoms with Gasteiger partial charge in [0.25, 0.3) is 0 Å². The Hall–Kier alpha value is -0.550. The number of ketones is 1. The summed E-state index contributed by atoms with van der Waals surface area (Å²) in [6, 6.07) is 4.10. The highest BCUT2D eigenvalue weighted by molar-refractivity contribution is 9.09. The van der Waals surface area contributed by atoms with Crippen molar-refractivity contribution in [2.45, 2.75) is 18.5 Å². The first kappa shape index (κ1) is 14.5. The maximum absolute atomic E-state index is 12.9. The van der Waals surface area contributed by atoms with Crippen LogP contribution in [0.15, 0.2) is 18.2 Å². The first-order valence-corrected chi connectivity index (χ1v) is 6.37. The van der Waals surface area contributed by atoms with E-state index in [0.717, 1.165) is 0 Å². The van der Waals surface area contributed by atoms with Gasteiger partial charge in [-0.25, -0.2) is 0 Å². The second kappa shape index (κ2) is 5.87. The van der Waals surface area contributed by atoms with E-state index in [4.69, 9.17) is 11.6 Å². The average Bonchev–Trinajstić information content (AvgIpc) is 2.26. The van der Waals surface area contributed by atoms with Crippen LogP contribution in [0.25, 0.3) is 0 Å². The first-order chi connectivity index (χ1) is 7.90. The van der Waals surface area contributed by atoms with Crippen molar-refractivity contribution in [3.63, 3.8) is 0 Å². The molecule has 0 radical (unpaired) electrons. The lowest BCUT2D eigenvalue weighted by molar-refractivity contribution is -0.138. The van der Waals surface area contributed by atoms with E-state index in [9.17, 15) is 18.0 Å². The first-order valence-electron chi connectivity index (χ1n) is 4.71. The molecule has 0 aliphatic heterocycles. The zero-order valence-corrected chi connectivity index (χ0v) is 11.0. The Bertz CT molecular complexity index is 418. The number of hydrogen-bond acceptors (Lipinski definition) is 1. The van der Waals surface area contributed by atoms with Crippen molar-refractivity contribution >= 4 is 33.3 Å². The summed E-state index contributed by atoms with van der Waals surface area (Å²) in [6.45, 7) is 0. The van der Waals surface area contributed by atoms with E-state index < -0.39 is 11.7 Å². The van der Waals surface area contributed by atoms with E-state index >= 15 is 0 Å².